The highest BCUT2D eigenvalue weighted by Crippen LogP contribution is 2.31. The summed E-state index contributed by atoms with van der Waals surface area (Å²) in [6, 6.07) is 5.78. The van der Waals surface area contributed by atoms with Gasteiger partial charge in [-0.3, -0.25) is 0 Å². The first-order chi connectivity index (χ1) is 14.9. The molecule has 1 amide bonds. The maximum Gasteiger partial charge on any atom is 0.410 e. The van der Waals surface area contributed by atoms with E-state index in [4.69, 9.17) is 14.5 Å². The Hall–Kier alpha value is -3.36. The third-order valence-corrected chi connectivity index (χ3v) is 4.95. The van der Waals surface area contributed by atoms with Crippen molar-refractivity contribution in [3.63, 3.8) is 0 Å². The lowest BCUT2D eigenvalue weighted by atomic mass is 10.1. The molecular formula is C22H28N6O3. The second kappa shape index (κ2) is 8.41. The van der Waals surface area contributed by atoms with Crippen molar-refractivity contribution in [2.75, 3.05) is 37.7 Å². The topological polar surface area (TPSA) is 85.1 Å². The van der Waals surface area contributed by atoms with Gasteiger partial charge < -0.3 is 19.3 Å². The number of hydrogen-bond acceptors (Lipinski definition) is 7. The molecule has 164 valence electrons. The van der Waals surface area contributed by atoms with Gasteiger partial charge in [0.2, 0.25) is 5.88 Å². The van der Waals surface area contributed by atoms with Gasteiger partial charge in [-0.2, -0.15) is 5.10 Å². The van der Waals surface area contributed by atoms with Crippen molar-refractivity contribution >= 4 is 17.6 Å². The van der Waals surface area contributed by atoms with Crippen LogP contribution < -0.4 is 9.64 Å². The molecule has 9 nitrogen and oxygen atoms in total. The maximum absolute atomic E-state index is 12.3. The summed E-state index contributed by atoms with van der Waals surface area (Å²) >= 11 is 0. The van der Waals surface area contributed by atoms with Gasteiger partial charge >= 0.3 is 6.09 Å². The highest BCUT2D eigenvalue weighted by molar-refractivity contribution is 5.80. The minimum absolute atomic E-state index is 0.270. The van der Waals surface area contributed by atoms with Gasteiger partial charge in [0.1, 0.15) is 11.4 Å². The molecule has 0 unspecified atom stereocenters. The van der Waals surface area contributed by atoms with Crippen LogP contribution in [0.3, 0.4) is 0 Å². The SMILES string of the molecule is CCOc1ncccc1-c1cnn2ccc(N3CCN(C(=O)OC(C)(C)C)CC3)nc12. The number of nitrogens with zero attached hydrogens (tertiary/aromatic N) is 6. The van der Waals surface area contributed by atoms with E-state index in [0.717, 1.165) is 22.6 Å². The number of amides is 1. The molecule has 9 heteroatoms. The van der Waals surface area contributed by atoms with E-state index in [9.17, 15) is 4.79 Å². The summed E-state index contributed by atoms with van der Waals surface area (Å²) in [5.74, 6) is 1.41. The van der Waals surface area contributed by atoms with Crippen LogP contribution in [0.15, 0.2) is 36.8 Å². The van der Waals surface area contributed by atoms with Crippen LogP contribution in [0.25, 0.3) is 16.8 Å². The molecule has 1 fully saturated rings. The monoisotopic (exact) mass is 424 g/mol. The quantitative estimate of drug-likeness (QED) is 0.635. The molecule has 1 aliphatic rings. The van der Waals surface area contributed by atoms with Crippen molar-refractivity contribution < 1.29 is 14.3 Å². The summed E-state index contributed by atoms with van der Waals surface area (Å²) in [5, 5.41) is 4.43. The van der Waals surface area contributed by atoms with E-state index in [2.05, 4.69) is 15.0 Å². The summed E-state index contributed by atoms with van der Waals surface area (Å²) in [6.45, 7) is 10.6. The van der Waals surface area contributed by atoms with Crippen LogP contribution in [-0.2, 0) is 4.74 Å². The van der Waals surface area contributed by atoms with Crippen molar-refractivity contribution in [2.24, 2.45) is 0 Å². The van der Waals surface area contributed by atoms with Crippen LogP contribution in [0.1, 0.15) is 27.7 Å². The number of ether oxygens (including phenoxy) is 2. The number of piperazine rings is 1. The Balaban J connectivity index is 1.55. The summed E-state index contributed by atoms with van der Waals surface area (Å²) in [5.41, 5.74) is 1.97. The highest BCUT2D eigenvalue weighted by atomic mass is 16.6. The number of pyridine rings is 1. The predicted octanol–water partition coefficient (Wildman–Crippen LogP) is 3.25. The van der Waals surface area contributed by atoms with Crippen LogP contribution in [0, 0.1) is 0 Å². The van der Waals surface area contributed by atoms with Gasteiger partial charge in [-0.25, -0.2) is 19.3 Å². The number of rotatable bonds is 4. The Morgan fingerprint density at radius 1 is 1.13 bits per heavy atom. The molecule has 1 aliphatic heterocycles. The number of anilines is 1. The standard InChI is InChI=1S/C22H28N6O3/c1-5-30-20-16(7-6-9-23-20)17-15-24-28-10-8-18(25-19(17)28)26-11-13-27(14-12-26)21(29)31-22(2,3)4/h6-10,15H,5,11-14H2,1-4H3. The number of hydrogen-bond donors (Lipinski definition) is 0. The molecule has 4 rings (SSSR count). The molecule has 0 spiro atoms. The number of carbonyl (C=O) groups is 1. The Morgan fingerprint density at radius 3 is 2.61 bits per heavy atom. The van der Waals surface area contributed by atoms with E-state index < -0.39 is 5.60 Å². The van der Waals surface area contributed by atoms with E-state index in [1.165, 1.54) is 0 Å². The van der Waals surface area contributed by atoms with E-state index in [0.29, 0.717) is 38.7 Å². The summed E-state index contributed by atoms with van der Waals surface area (Å²) in [4.78, 5) is 25.5. The zero-order chi connectivity index (χ0) is 22.0. The third kappa shape index (κ3) is 4.55. The van der Waals surface area contributed by atoms with Crippen molar-refractivity contribution in [3.8, 4) is 17.0 Å². The Labute approximate surface area is 181 Å². The summed E-state index contributed by atoms with van der Waals surface area (Å²) in [6.07, 6.45) is 5.13. The molecule has 0 radical (unpaired) electrons. The first-order valence-corrected chi connectivity index (χ1v) is 10.5. The molecule has 31 heavy (non-hydrogen) atoms. The van der Waals surface area contributed by atoms with E-state index in [1.54, 1.807) is 21.8 Å². The fraction of sp³-hybridized carbons (Fsp3) is 0.455. The second-order valence-electron chi connectivity index (χ2n) is 8.36. The van der Waals surface area contributed by atoms with Crippen LogP contribution in [-0.4, -0.2) is 69.0 Å². The van der Waals surface area contributed by atoms with Crippen molar-refractivity contribution in [1.82, 2.24) is 24.5 Å². The number of fused-ring (bicyclic) bond motifs is 1. The molecular weight excluding hydrogens is 396 g/mol. The molecule has 3 aromatic heterocycles. The van der Waals surface area contributed by atoms with Crippen LogP contribution >= 0.6 is 0 Å². The van der Waals surface area contributed by atoms with Crippen LogP contribution in [0.2, 0.25) is 0 Å². The largest absolute Gasteiger partial charge is 0.478 e. The summed E-state index contributed by atoms with van der Waals surface area (Å²) < 4.78 is 12.9. The fourth-order valence-electron chi connectivity index (χ4n) is 3.52. The fourth-order valence-corrected chi connectivity index (χ4v) is 3.52. The first-order valence-electron chi connectivity index (χ1n) is 10.5. The minimum atomic E-state index is -0.494. The van der Waals surface area contributed by atoms with Crippen molar-refractivity contribution in [1.29, 1.82) is 0 Å². The molecule has 0 bridgehead atoms. The molecule has 0 N–H and O–H groups in total. The first kappa shape index (κ1) is 20.9. The molecule has 0 saturated carbocycles. The Kier molecular flexibility index (Phi) is 5.67. The van der Waals surface area contributed by atoms with Gasteiger partial charge in [-0.15, -0.1) is 0 Å². The van der Waals surface area contributed by atoms with Gasteiger partial charge in [0, 0.05) is 44.1 Å². The van der Waals surface area contributed by atoms with Crippen LogP contribution in [0.5, 0.6) is 5.88 Å². The van der Waals surface area contributed by atoms with Gasteiger partial charge in [0.15, 0.2) is 5.65 Å². The molecule has 3 aromatic rings. The zero-order valence-corrected chi connectivity index (χ0v) is 18.4. The Bertz CT molecular complexity index is 1070. The van der Waals surface area contributed by atoms with Crippen molar-refractivity contribution in [3.05, 3.63) is 36.8 Å². The average molecular weight is 425 g/mol. The smallest absolute Gasteiger partial charge is 0.410 e. The van der Waals surface area contributed by atoms with E-state index >= 15 is 0 Å². The molecule has 0 aliphatic carbocycles. The molecule has 4 heterocycles. The van der Waals surface area contributed by atoms with Gasteiger partial charge in [-0.1, -0.05) is 0 Å². The zero-order valence-electron chi connectivity index (χ0n) is 18.4. The minimum Gasteiger partial charge on any atom is -0.478 e. The van der Waals surface area contributed by atoms with Crippen LogP contribution in [0.4, 0.5) is 10.6 Å². The second-order valence-corrected chi connectivity index (χ2v) is 8.36. The lowest BCUT2D eigenvalue weighted by Crippen LogP contribution is -2.50. The van der Waals surface area contributed by atoms with Gasteiger partial charge in [-0.05, 0) is 45.9 Å². The number of aromatic nitrogens is 4. The predicted molar refractivity (Wildman–Crippen MR) is 117 cm³/mol. The average Bonchev–Trinajstić information content (AvgIpc) is 3.16. The number of carbonyl (C=O) groups excluding carboxylic acids is 1. The van der Waals surface area contributed by atoms with Gasteiger partial charge in [0.25, 0.3) is 0 Å². The van der Waals surface area contributed by atoms with E-state index in [-0.39, 0.29) is 6.09 Å². The van der Waals surface area contributed by atoms with E-state index in [1.807, 2.05) is 52.1 Å². The lowest BCUT2D eigenvalue weighted by molar-refractivity contribution is 0.0240. The third-order valence-electron chi connectivity index (χ3n) is 4.95. The maximum atomic E-state index is 12.3. The van der Waals surface area contributed by atoms with Crippen molar-refractivity contribution in [2.45, 2.75) is 33.3 Å². The molecule has 0 aromatic carbocycles. The Morgan fingerprint density at radius 2 is 1.90 bits per heavy atom. The lowest BCUT2D eigenvalue weighted by Gasteiger charge is -2.36. The molecule has 1 saturated heterocycles. The highest BCUT2D eigenvalue weighted by Gasteiger charge is 2.26. The summed E-state index contributed by atoms with van der Waals surface area (Å²) in [7, 11) is 0. The normalized spacial score (nSPS) is 14.7. The van der Waals surface area contributed by atoms with Gasteiger partial charge in [0.05, 0.1) is 18.4 Å². The molecule has 0 atom stereocenters.